The van der Waals surface area contributed by atoms with Crippen molar-refractivity contribution >= 4 is 5.91 Å². The summed E-state index contributed by atoms with van der Waals surface area (Å²) in [4.78, 5) is 11.6. The molecule has 0 radical (unpaired) electrons. The Kier molecular flexibility index (Phi) is 3.50. The van der Waals surface area contributed by atoms with Crippen LogP contribution in [0.2, 0.25) is 0 Å². The van der Waals surface area contributed by atoms with Crippen LogP contribution in [0.3, 0.4) is 0 Å². The highest BCUT2D eigenvalue weighted by molar-refractivity contribution is 5.81. The van der Waals surface area contributed by atoms with E-state index >= 15 is 0 Å². The van der Waals surface area contributed by atoms with Gasteiger partial charge in [-0.15, -0.1) is 6.42 Å². The first-order chi connectivity index (χ1) is 7.70. The minimum Gasteiger partial charge on any atom is -0.344 e. The lowest BCUT2D eigenvalue weighted by atomic mass is 9.95. The van der Waals surface area contributed by atoms with Crippen LogP contribution in [0.4, 0.5) is 0 Å². The van der Waals surface area contributed by atoms with Crippen molar-refractivity contribution in [2.45, 2.75) is 44.7 Å². The average Bonchev–Trinajstić information content (AvgIpc) is 2.87. The molecule has 2 aliphatic rings. The molecule has 0 aliphatic heterocycles. The Hall–Kier alpha value is -1.01. The van der Waals surface area contributed by atoms with Crippen LogP contribution < -0.4 is 10.6 Å². The molecule has 2 saturated carbocycles. The van der Waals surface area contributed by atoms with Crippen molar-refractivity contribution in [3.05, 3.63) is 0 Å². The molecule has 2 fully saturated rings. The zero-order valence-corrected chi connectivity index (χ0v) is 9.83. The van der Waals surface area contributed by atoms with Crippen molar-refractivity contribution in [2.24, 2.45) is 11.8 Å². The molecule has 4 unspecified atom stereocenters. The molecule has 2 aliphatic carbocycles. The van der Waals surface area contributed by atoms with Crippen LogP contribution in [0.5, 0.6) is 0 Å². The van der Waals surface area contributed by atoms with Gasteiger partial charge in [0.1, 0.15) is 0 Å². The Morgan fingerprint density at radius 2 is 2.31 bits per heavy atom. The molecule has 16 heavy (non-hydrogen) atoms. The Labute approximate surface area is 97.4 Å². The summed E-state index contributed by atoms with van der Waals surface area (Å²) in [6, 6.07) is 0.419. The summed E-state index contributed by atoms with van der Waals surface area (Å²) in [5, 5.41) is 6.15. The number of terminal acetylenes is 1. The van der Waals surface area contributed by atoms with Gasteiger partial charge in [-0.05, 0) is 38.0 Å². The number of carbonyl (C=O) groups excluding carboxylic acids is 1. The lowest BCUT2D eigenvalue weighted by molar-refractivity contribution is -0.122. The standard InChI is InChI=1S/C13H20N2O/c1-3-6-14-13(16)9(2)15-12-8-10-4-5-11(12)7-10/h1,9-12,15H,4-8H2,2H3,(H,14,16). The third-order valence-electron chi connectivity index (χ3n) is 3.96. The number of amides is 1. The van der Waals surface area contributed by atoms with E-state index in [1.165, 1.54) is 25.7 Å². The fourth-order valence-electron chi connectivity index (χ4n) is 3.14. The minimum atomic E-state index is -0.127. The van der Waals surface area contributed by atoms with Gasteiger partial charge in [-0.25, -0.2) is 0 Å². The number of rotatable bonds is 4. The molecule has 0 spiro atoms. The summed E-state index contributed by atoms with van der Waals surface area (Å²) in [5.41, 5.74) is 0. The Bertz CT molecular complexity index is 308. The normalized spacial score (nSPS) is 33.4. The van der Waals surface area contributed by atoms with E-state index in [0.717, 1.165) is 11.8 Å². The van der Waals surface area contributed by atoms with Crippen molar-refractivity contribution in [2.75, 3.05) is 6.54 Å². The lowest BCUT2D eigenvalue weighted by Gasteiger charge is -2.26. The molecule has 2 rings (SSSR count). The number of fused-ring (bicyclic) bond motifs is 2. The van der Waals surface area contributed by atoms with Gasteiger partial charge in [0.25, 0.3) is 0 Å². The van der Waals surface area contributed by atoms with E-state index in [0.29, 0.717) is 12.6 Å². The first-order valence-electron chi connectivity index (χ1n) is 6.18. The molecule has 0 aromatic carbocycles. The van der Waals surface area contributed by atoms with E-state index in [-0.39, 0.29) is 11.9 Å². The first-order valence-corrected chi connectivity index (χ1v) is 6.18. The van der Waals surface area contributed by atoms with Crippen molar-refractivity contribution in [3.63, 3.8) is 0 Å². The largest absolute Gasteiger partial charge is 0.344 e. The molecule has 2 bridgehead atoms. The Balaban J connectivity index is 1.77. The highest BCUT2D eigenvalue weighted by Gasteiger charge is 2.40. The quantitative estimate of drug-likeness (QED) is 0.691. The summed E-state index contributed by atoms with van der Waals surface area (Å²) in [7, 11) is 0. The van der Waals surface area contributed by atoms with Gasteiger partial charge in [-0.1, -0.05) is 12.3 Å². The molecule has 0 saturated heterocycles. The predicted octanol–water partition coefficient (Wildman–Crippen LogP) is 0.902. The van der Waals surface area contributed by atoms with Crippen LogP contribution in [0.1, 0.15) is 32.6 Å². The maximum atomic E-state index is 11.6. The highest BCUT2D eigenvalue weighted by atomic mass is 16.2. The van der Waals surface area contributed by atoms with E-state index in [9.17, 15) is 4.79 Å². The summed E-state index contributed by atoms with van der Waals surface area (Å²) in [6.45, 7) is 2.24. The number of carbonyl (C=O) groups is 1. The van der Waals surface area contributed by atoms with Crippen LogP contribution in [-0.2, 0) is 4.79 Å². The monoisotopic (exact) mass is 220 g/mol. The van der Waals surface area contributed by atoms with Crippen molar-refractivity contribution in [1.82, 2.24) is 10.6 Å². The fourth-order valence-corrected chi connectivity index (χ4v) is 3.14. The third kappa shape index (κ3) is 2.38. The van der Waals surface area contributed by atoms with Crippen LogP contribution >= 0.6 is 0 Å². The second-order valence-corrected chi connectivity index (χ2v) is 5.09. The van der Waals surface area contributed by atoms with Crippen LogP contribution in [0.25, 0.3) is 0 Å². The molecule has 2 N–H and O–H groups in total. The second kappa shape index (κ2) is 4.88. The van der Waals surface area contributed by atoms with Crippen molar-refractivity contribution in [3.8, 4) is 12.3 Å². The summed E-state index contributed by atoms with van der Waals surface area (Å²) < 4.78 is 0. The molecular formula is C13H20N2O. The molecule has 0 aromatic rings. The van der Waals surface area contributed by atoms with Gasteiger partial charge in [0.15, 0.2) is 0 Å². The van der Waals surface area contributed by atoms with E-state index in [1.807, 2.05) is 6.92 Å². The van der Waals surface area contributed by atoms with Crippen molar-refractivity contribution < 1.29 is 4.79 Å². The molecule has 0 aromatic heterocycles. The second-order valence-electron chi connectivity index (χ2n) is 5.09. The molecule has 4 atom stereocenters. The van der Waals surface area contributed by atoms with Gasteiger partial charge in [0.2, 0.25) is 5.91 Å². The van der Waals surface area contributed by atoms with Gasteiger partial charge in [0, 0.05) is 6.04 Å². The Morgan fingerprint density at radius 3 is 2.88 bits per heavy atom. The summed E-state index contributed by atoms with van der Waals surface area (Å²) in [5.74, 6) is 4.13. The summed E-state index contributed by atoms with van der Waals surface area (Å²) in [6.07, 6.45) is 10.4. The van der Waals surface area contributed by atoms with Crippen LogP contribution in [-0.4, -0.2) is 24.5 Å². The van der Waals surface area contributed by atoms with Gasteiger partial charge in [0.05, 0.1) is 12.6 Å². The van der Waals surface area contributed by atoms with Gasteiger partial charge in [-0.2, -0.15) is 0 Å². The third-order valence-corrected chi connectivity index (χ3v) is 3.96. The average molecular weight is 220 g/mol. The predicted molar refractivity (Wildman–Crippen MR) is 63.7 cm³/mol. The molecular weight excluding hydrogens is 200 g/mol. The van der Waals surface area contributed by atoms with E-state index in [1.54, 1.807) is 0 Å². The van der Waals surface area contributed by atoms with Crippen LogP contribution in [0.15, 0.2) is 0 Å². The molecule has 88 valence electrons. The molecule has 3 heteroatoms. The van der Waals surface area contributed by atoms with Gasteiger partial charge >= 0.3 is 0 Å². The van der Waals surface area contributed by atoms with Gasteiger partial charge < -0.3 is 10.6 Å². The van der Waals surface area contributed by atoms with Crippen molar-refractivity contribution in [1.29, 1.82) is 0 Å². The number of hydrogen-bond donors (Lipinski definition) is 2. The Morgan fingerprint density at radius 1 is 1.50 bits per heavy atom. The molecule has 0 heterocycles. The maximum absolute atomic E-state index is 11.6. The highest BCUT2D eigenvalue weighted by Crippen LogP contribution is 2.44. The zero-order valence-electron chi connectivity index (χ0n) is 9.83. The summed E-state index contributed by atoms with van der Waals surface area (Å²) >= 11 is 0. The molecule has 3 nitrogen and oxygen atoms in total. The van der Waals surface area contributed by atoms with E-state index in [4.69, 9.17) is 6.42 Å². The van der Waals surface area contributed by atoms with Crippen LogP contribution in [0, 0.1) is 24.2 Å². The smallest absolute Gasteiger partial charge is 0.237 e. The lowest BCUT2D eigenvalue weighted by Crippen LogP contribution is -2.48. The first kappa shape index (κ1) is 11.5. The van der Waals surface area contributed by atoms with E-state index < -0.39 is 0 Å². The van der Waals surface area contributed by atoms with Gasteiger partial charge in [-0.3, -0.25) is 4.79 Å². The fraction of sp³-hybridized carbons (Fsp3) is 0.769. The number of hydrogen-bond acceptors (Lipinski definition) is 2. The topological polar surface area (TPSA) is 41.1 Å². The zero-order chi connectivity index (χ0) is 11.5. The minimum absolute atomic E-state index is 0.0146. The maximum Gasteiger partial charge on any atom is 0.237 e. The number of nitrogens with one attached hydrogen (secondary N) is 2. The molecule has 1 amide bonds. The van der Waals surface area contributed by atoms with E-state index in [2.05, 4.69) is 16.6 Å². The SMILES string of the molecule is C#CCNC(=O)C(C)NC1CC2CCC1C2.